The fourth-order valence-electron chi connectivity index (χ4n) is 1.11. The number of Topliss-reactive ketones (excluding diaryl/α,β-unsaturated/α-hetero) is 1. The molecule has 0 saturated carbocycles. The van der Waals surface area contributed by atoms with Gasteiger partial charge < -0.3 is 4.74 Å². The first-order chi connectivity index (χ1) is 7.19. The Hall–Kier alpha value is -0.670. The van der Waals surface area contributed by atoms with Gasteiger partial charge in [-0.2, -0.15) is 11.8 Å². The number of hydrogen-bond acceptors (Lipinski definition) is 3. The van der Waals surface area contributed by atoms with E-state index in [4.69, 9.17) is 16.3 Å². The molecule has 0 amide bonds. The quantitative estimate of drug-likeness (QED) is 0.744. The molecule has 0 aliphatic rings. The van der Waals surface area contributed by atoms with Gasteiger partial charge in [-0.05, 0) is 24.0 Å². The minimum atomic E-state index is 0.108. The molecular weight excluding hydrogens is 232 g/mol. The number of ether oxygens (including phenoxy) is 1. The van der Waals surface area contributed by atoms with E-state index in [1.807, 2.05) is 6.92 Å². The molecule has 0 radical (unpaired) electrons. The summed E-state index contributed by atoms with van der Waals surface area (Å²) in [6, 6.07) is 5.09. The number of carbonyl (C=O) groups excluding carboxylic acids is 1. The Bertz CT molecular complexity index is 352. The van der Waals surface area contributed by atoms with Crippen LogP contribution in [0.3, 0.4) is 0 Å². The van der Waals surface area contributed by atoms with Crippen LogP contribution in [0, 0.1) is 0 Å². The normalized spacial score (nSPS) is 10.1. The van der Waals surface area contributed by atoms with E-state index in [9.17, 15) is 4.79 Å². The van der Waals surface area contributed by atoms with Crippen LogP contribution in [-0.2, 0) is 0 Å². The molecule has 82 valence electrons. The summed E-state index contributed by atoms with van der Waals surface area (Å²) in [5, 5.41) is 0.525. The van der Waals surface area contributed by atoms with Gasteiger partial charge in [-0.15, -0.1) is 0 Å². The lowest BCUT2D eigenvalue weighted by molar-refractivity contribution is 0.102. The van der Waals surface area contributed by atoms with Crippen molar-refractivity contribution in [2.24, 2.45) is 0 Å². The van der Waals surface area contributed by atoms with Crippen molar-refractivity contribution in [3.63, 3.8) is 0 Å². The monoisotopic (exact) mass is 244 g/mol. The zero-order valence-electron chi connectivity index (χ0n) is 8.75. The third-order valence-corrected chi connectivity index (χ3v) is 3.10. The number of benzene rings is 1. The first-order valence-corrected chi connectivity index (χ1v) is 6.16. The maximum Gasteiger partial charge on any atom is 0.172 e. The summed E-state index contributed by atoms with van der Waals surface area (Å²) >= 11 is 7.47. The minimum Gasteiger partial charge on any atom is -0.495 e. The second-order valence-corrected chi connectivity index (χ2v) is 4.59. The second kappa shape index (κ2) is 6.03. The van der Waals surface area contributed by atoms with Crippen LogP contribution in [0.1, 0.15) is 17.3 Å². The van der Waals surface area contributed by atoms with Gasteiger partial charge >= 0.3 is 0 Å². The van der Waals surface area contributed by atoms with Gasteiger partial charge in [0.05, 0.1) is 17.9 Å². The Labute approximate surface area is 99.0 Å². The topological polar surface area (TPSA) is 26.3 Å². The lowest BCUT2D eigenvalue weighted by Gasteiger charge is -2.05. The zero-order valence-corrected chi connectivity index (χ0v) is 10.3. The fraction of sp³-hybridized carbons (Fsp3) is 0.364. The lowest BCUT2D eigenvalue weighted by atomic mass is 10.1. The van der Waals surface area contributed by atoms with Crippen LogP contribution in [0.5, 0.6) is 5.75 Å². The van der Waals surface area contributed by atoms with Crippen molar-refractivity contribution in [2.75, 3.05) is 18.6 Å². The number of thioether (sulfide) groups is 1. The van der Waals surface area contributed by atoms with E-state index in [1.165, 1.54) is 7.11 Å². The average Bonchev–Trinajstić information content (AvgIpc) is 2.26. The smallest absolute Gasteiger partial charge is 0.172 e. The summed E-state index contributed by atoms with van der Waals surface area (Å²) in [5.74, 6) is 2.10. The van der Waals surface area contributed by atoms with Crippen LogP contribution in [0.25, 0.3) is 0 Å². The summed E-state index contributed by atoms with van der Waals surface area (Å²) in [7, 11) is 1.54. The van der Waals surface area contributed by atoms with Crippen molar-refractivity contribution in [3.05, 3.63) is 28.8 Å². The number of methoxy groups -OCH3 is 1. The SMILES string of the molecule is CCSCC(=O)c1ccc(Cl)c(OC)c1. The van der Waals surface area contributed by atoms with Crippen molar-refractivity contribution in [2.45, 2.75) is 6.92 Å². The van der Waals surface area contributed by atoms with E-state index in [2.05, 4.69) is 0 Å². The first-order valence-electron chi connectivity index (χ1n) is 4.63. The number of rotatable bonds is 5. The maximum absolute atomic E-state index is 11.7. The van der Waals surface area contributed by atoms with Crippen molar-refractivity contribution in [1.29, 1.82) is 0 Å². The fourth-order valence-corrected chi connectivity index (χ4v) is 1.86. The van der Waals surface area contributed by atoms with Crippen molar-refractivity contribution < 1.29 is 9.53 Å². The highest BCUT2D eigenvalue weighted by atomic mass is 35.5. The average molecular weight is 245 g/mol. The molecule has 1 aromatic rings. The summed E-state index contributed by atoms with van der Waals surface area (Å²) < 4.78 is 5.05. The standard InChI is InChI=1S/C11H13ClO2S/c1-3-15-7-10(13)8-4-5-9(12)11(6-8)14-2/h4-6H,3,7H2,1-2H3. The summed E-state index contributed by atoms with van der Waals surface area (Å²) in [4.78, 5) is 11.7. The van der Waals surface area contributed by atoms with Crippen molar-refractivity contribution >= 4 is 29.1 Å². The molecule has 0 unspecified atom stereocenters. The van der Waals surface area contributed by atoms with E-state index in [0.717, 1.165) is 5.75 Å². The molecule has 0 fully saturated rings. The van der Waals surface area contributed by atoms with E-state index in [1.54, 1.807) is 30.0 Å². The lowest BCUT2D eigenvalue weighted by Crippen LogP contribution is -2.03. The molecule has 0 aliphatic carbocycles. The van der Waals surface area contributed by atoms with Gasteiger partial charge in [0.2, 0.25) is 0 Å². The summed E-state index contributed by atoms with van der Waals surface area (Å²) in [5.41, 5.74) is 0.650. The minimum absolute atomic E-state index is 0.108. The third kappa shape index (κ3) is 3.43. The Morgan fingerprint density at radius 2 is 2.27 bits per heavy atom. The maximum atomic E-state index is 11.7. The number of ketones is 1. The first kappa shape index (κ1) is 12.4. The Morgan fingerprint density at radius 3 is 2.87 bits per heavy atom. The predicted octanol–water partition coefficient (Wildman–Crippen LogP) is 3.28. The molecule has 0 bridgehead atoms. The molecule has 15 heavy (non-hydrogen) atoms. The summed E-state index contributed by atoms with van der Waals surface area (Å²) in [6.07, 6.45) is 0. The van der Waals surface area contributed by atoms with Gasteiger partial charge in [-0.3, -0.25) is 4.79 Å². The summed E-state index contributed by atoms with van der Waals surface area (Å²) in [6.45, 7) is 2.03. The molecule has 1 aromatic carbocycles. The van der Waals surface area contributed by atoms with Crippen molar-refractivity contribution in [1.82, 2.24) is 0 Å². The molecule has 1 rings (SSSR count). The predicted molar refractivity (Wildman–Crippen MR) is 65.3 cm³/mol. The Balaban J connectivity index is 2.81. The highest BCUT2D eigenvalue weighted by Gasteiger charge is 2.08. The number of hydrogen-bond donors (Lipinski definition) is 0. The number of halogens is 1. The van der Waals surface area contributed by atoms with Crippen LogP contribution in [-0.4, -0.2) is 24.4 Å². The zero-order chi connectivity index (χ0) is 11.3. The molecular formula is C11H13ClO2S. The molecule has 0 aliphatic heterocycles. The van der Waals surface area contributed by atoms with Gasteiger partial charge in [0.25, 0.3) is 0 Å². The number of carbonyl (C=O) groups is 1. The van der Waals surface area contributed by atoms with Crippen LogP contribution in [0.4, 0.5) is 0 Å². The molecule has 0 spiro atoms. The van der Waals surface area contributed by atoms with E-state index >= 15 is 0 Å². The van der Waals surface area contributed by atoms with Crippen molar-refractivity contribution in [3.8, 4) is 5.75 Å². The van der Waals surface area contributed by atoms with E-state index in [-0.39, 0.29) is 5.78 Å². The molecule has 0 heterocycles. The van der Waals surface area contributed by atoms with Crippen LogP contribution in [0.2, 0.25) is 5.02 Å². The molecule has 0 N–H and O–H groups in total. The molecule has 0 saturated heterocycles. The van der Waals surface area contributed by atoms with Gasteiger partial charge in [-0.25, -0.2) is 0 Å². The van der Waals surface area contributed by atoms with E-state index < -0.39 is 0 Å². The Kier molecular flexibility index (Phi) is 4.99. The van der Waals surface area contributed by atoms with Gasteiger partial charge in [0.1, 0.15) is 5.75 Å². The molecule has 0 atom stereocenters. The highest BCUT2D eigenvalue weighted by molar-refractivity contribution is 7.99. The third-order valence-electron chi connectivity index (χ3n) is 1.91. The van der Waals surface area contributed by atoms with Gasteiger partial charge in [-0.1, -0.05) is 18.5 Å². The largest absolute Gasteiger partial charge is 0.495 e. The van der Waals surface area contributed by atoms with Gasteiger partial charge in [0, 0.05) is 5.56 Å². The van der Waals surface area contributed by atoms with E-state index in [0.29, 0.717) is 22.1 Å². The van der Waals surface area contributed by atoms with Crippen LogP contribution < -0.4 is 4.74 Å². The van der Waals surface area contributed by atoms with Gasteiger partial charge in [0.15, 0.2) is 5.78 Å². The molecule has 2 nitrogen and oxygen atoms in total. The highest BCUT2D eigenvalue weighted by Crippen LogP contribution is 2.25. The Morgan fingerprint density at radius 1 is 1.53 bits per heavy atom. The van der Waals surface area contributed by atoms with Crippen LogP contribution in [0.15, 0.2) is 18.2 Å². The second-order valence-electron chi connectivity index (χ2n) is 2.91. The molecule has 4 heteroatoms. The molecule has 0 aromatic heterocycles. The van der Waals surface area contributed by atoms with Crippen LogP contribution >= 0.6 is 23.4 Å².